The average Bonchev–Trinajstić information content (AvgIpc) is 3.99. The van der Waals surface area contributed by atoms with Crippen LogP contribution in [0.15, 0.2) is 60.7 Å². The number of hydrogen-bond donors (Lipinski definition) is 2. The van der Waals surface area contributed by atoms with Crippen molar-refractivity contribution in [1.29, 1.82) is 0 Å². The maximum Gasteiger partial charge on any atom is 0.410 e. The first-order chi connectivity index (χ1) is 26.2. The predicted octanol–water partition coefficient (Wildman–Crippen LogP) is 3.16. The van der Waals surface area contributed by atoms with Gasteiger partial charge < -0.3 is 39.1 Å². The molecule has 0 saturated carbocycles. The molecule has 6 rings (SSSR count). The van der Waals surface area contributed by atoms with E-state index in [0.29, 0.717) is 52.0 Å². The van der Waals surface area contributed by atoms with E-state index in [1.807, 2.05) is 60.7 Å². The molecule has 0 unspecified atom stereocenters. The second-order valence-corrected chi connectivity index (χ2v) is 13.0. The van der Waals surface area contributed by atoms with Crippen molar-refractivity contribution in [2.24, 2.45) is 0 Å². The summed E-state index contributed by atoms with van der Waals surface area (Å²) in [6, 6.07) is 16.4. The topological polar surface area (TPSA) is 188 Å². The van der Waals surface area contributed by atoms with Crippen LogP contribution in [-0.2, 0) is 60.8 Å². The van der Waals surface area contributed by atoms with Gasteiger partial charge >= 0.3 is 24.1 Å². The molecule has 4 fully saturated rings. The predicted molar refractivity (Wildman–Crippen MR) is 189 cm³/mol. The van der Waals surface area contributed by atoms with Crippen LogP contribution in [0, 0.1) is 0 Å². The lowest BCUT2D eigenvalue weighted by Gasteiger charge is -2.25. The molecule has 16 heteroatoms. The maximum atomic E-state index is 12.7. The Morgan fingerprint density at radius 3 is 1.41 bits per heavy atom. The Morgan fingerprint density at radius 1 is 0.648 bits per heavy atom. The molecule has 54 heavy (non-hydrogen) atoms. The second-order valence-electron chi connectivity index (χ2n) is 13.0. The van der Waals surface area contributed by atoms with Crippen LogP contribution in [0.2, 0.25) is 0 Å². The number of hydrogen-bond acceptors (Lipinski definition) is 12. The fourth-order valence-corrected chi connectivity index (χ4v) is 6.62. The van der Waals surface area contributed by atoms with E-state index in [0.717, 1.165) is 11.1 Å². The summed E-state index contributed by atoms with van der Waals surface area (Å²) in [6.45, 7) is 5.53. The Balaban J connectivity index is 0.000000208. The summed E-state index contributed by atoms with van der Waals surface area (Å²) >= 11 is 0. The molecular weight excluding hydrogens is 704 g/mol. The highest BCUT2D eigenvalue weighted by atomic mass is 16.7. The Morgan fingerprint density at radius 2 is 1.04 bits per heavy atom. The number of amides is 4. The zero-order chi connectivity index (χ0) is 38.5. The van der Waals surface area contributed by atoms with Crippen molar-refractivity contribution in [3.63, 3.8) is 0 Å². The van der Waals surface area contributed by atoms with Gasteiger partial charge in [-0.3, -0.25) is 29.0 Å². The molecule has 0 spiro atoms. The Hall–Kier alpha value is -5.22. The normalized spacial score (nSPS) is 24.6. The van der Waals surface area contributed by atoms with Crippen LogP contribution in [0.25, 0.3) is 0 Å². The first-order valence-electron chi connectivity index (χ1n) is 18.3. The van der Waals surface area contributed by atoms with Gasteiger partial charge in [0.25, 0.3) is 0 Å². The fourth-order valence-electron chi connectivity index (χ4n) is 6.62. The Bertz CT molecular complexity index is 1480. The molecule has 6 atom stereocenters. The van der Waals surface area contributed by atoms with Gasteiger partial charge in [0.15, 0.2) is 0 Å². The van der Waals surface area contributed by atoms with Crippen LogP contribution in [0.1, 0.15) is 63.5 Å². The third-order valence-electron chi connectivity index (χ3n) is 9.23. The van der Waals surface area contributed by atoms with Crippen molar-refractivity contribution in [1.82, 2.24) is 20.4 Å². The summed E-state index contributed by atoms with van der Waals surface area (Å²) in [7, 11) is 0. The number of rotatable bonds is 12. The molecule has 0 aliphatic carbocycles. The molecule has 2 aromatic carbocycles. The van der Waals surface area contributed by atoms with E-state index in [4.69, 9.17) is 28.4 Å². The maximum absolute atomic E-state index is 12.7. The van der Waals surface area contributed by atoms with Crippen LogP contribution in [-0.4, -0.2) is 109 Å². The van der Waals surface area contributed by atoms with Gasteiger partial charge in [0, 0.05) is 26.3 Å². The summed E-state index contributed by atoms with van der Waals surface area (Å²) < 4.78 is 31.5. The van der Waals surface area contributed by atoms with E-state index >= 15 is 0 Å². The quantitative estimate of drug-likeness (QED) is 0.239. The summed E-state index contributed by atoms with van der Waals surface area (Å²) in [4.78, 5) is 76.0. The van der Waals surface area contributed by atoms with Gasteiger partial charge in [0.05, 0.1) is 12.8 Å². The minimum Gasteiger partial charge on any atom is -0.445 e. The minimum atomic E-state index is -0.786. The van der Waals surface area contributed by atoms with E-state index in [9.17, 15) is 28.8 Å². The summed E-state index contributed by atoms with van der Waals surface area (Å²) in [5.41, 5.74) is 1.76. The minimum absolute atomic E-state index is 0.0571. The van der Waals surface area contributed by atoms with Crippen LogP contribution in [0.3, 0.4) is 0 Å². The fraction of sp³-hybridized carbons (Fsp3) is 0.526. The van der Waals surface area contributed by atoms with Gasteiger partial charge in [-0.25, -0.2) is 9.59 Å². The molecule has 0 bridgehead atoms. The molecule has 2 N–H and O–H groups in total. The number of ether oxygens (including phenoxy) is 6. The highest BCUT2D eigenvalue weighted by Crippen LogP contribution is 2.23. The Labute approximate surface area is 313 Å². The van der Waals surface area contributed by atoms with Crippen molar-refractivity contribution in [3.05, 3.63) is 71.8 Å². The van der Waals surface area contributed by atoms with Crippen molar-refractivity contribution in [3.8, 4) is 0 Å². The number of esters is 2. The number of likely N-dealkylation sites (tertiary alicyclic amines) is 2. The van der Waals surface area contributed by atoms with Crippen LogP contribution in [0.5, 0.6) is 0 Å². The van der Waals surface area contributed by atoms with Gasteiger partial charge in [0.1, 0.15) is 37.4 Å². The highest BCUT2D eigenvalue weighted by Gasteiger charge is 2.42. The molecule has 4 amide bonds. The zero-order valence-corrected chi connectivity index (χ0v) is 30.5. The molecule has 4 saturated heterocycles. The molecule has 0 radical (unpaired) electrons. The molecule has 16 nitrogen and oxygen atoms in total. The van der Waals surface area contributed by atoms with Crippen molar-refractivity contribution < 1.29 is 57.2 Å². The molecule has 4 heterocycles. The standard InChI is InChI=1S/2C19H24N2O6/c2*1-2-25-18-14(11-16(22)27-18)20-17(23)15-9-6-10-21(15)19(24)26-12-13-7-4-3-5-8-13/h2*3-5,7-8,14-15,18H,2,6,9-12H2,1H3,(H,20,23)/t14-,15-,18+;14-,15-,18-/m00/s1. The van der Waals surface area contributed by atoms with Crippen molar-refractivity contribution in [2.45, 2.75) is 102 Å². The third-order valence-corrected chi connectivity index (χ3v) is 9.23. The van der Waals surface area contributed by atoms with Crippen molar-refractivity contribution in [2.75, 3.05) is 26.3 Å². The lowest BCUT2D eigenvalue weighted by atomic mass is 10.1. The van der Waals surface area contributed by atoms with Gasteiger partial charge in [-0.2, -0.15) is 0 Å². The van der Waals surface area contributed by atoms with Gasteiger partial charge in [-0.15, -0.1) is 0 Å². The number of nitrogens with zero attached hydrogens (tertiary/aromatic N) is 2. The van der Waals surface area contributed by atoms with Crippen LogP contribution in [0.4, 0.5) is 9.59 Å². The number of nitrogens with one attached hydrogen (secondary N) is 2. The lowest BCUT2D eigenvalue weighted by molar-refractivity contribution is -0.165. The van der Waals surface area contributed by atoms with Gasteiger partial charge in [-0.1, -0.05) is 60.7 Å². The summed E-state index contributed by atoms with van der Waals surface area (Å²) in [5.74, 6) is -1.47. The number of benzene rings is 2. The van der Waals surface area contributed by atoms with E-state index in [-0.39, 0.29) is 37.9 Å². The number of cyclic esters (lactones) is 2. The smallest absolute Gasteiger partial charge is 0.410 e. The SMILES string of the molecule is CCO[C@@H]1OC(=O)C[C@@H]1NC(=O)[C@@H]1CCCN1C(=O)OCc1ccccc1.CCO[C@H]1OC(=O)C[C@@H]1NC(=O)[C@@H]1CCCN1C(=O)OCc1ccccc1. The van der Waals surface area contributed by atoms with E-state index in [2.05, 4.69) is 10.6 Å². The largest absolute Gasteiger partial charge is 0.445 e. The molecular formula is C38H48N4O12. The van der Waals surface area contributed by atoms with E-state index in [1.54, 1.807) is 13.8 Å². The van der Waals surface area contributed by atoms with Crippen LogP contribution < -0.4 is 10.6 Å². The monoisotopic (exact) mass is 752 g/mol. The number of carbonyl (C=O) groups is 6. The summed E-state index contributed by atoms with van der Waals surface area (Å²) in [5, 5.41) is 5.57. The first-order valence-corrected chi connectivity index (χ1v) is 18.3. The zero-order valence-electron chi connectivity index (χ0n) is 30.5. The molecule has 292 valence electrons. The molecule has 0 aromatic heterocycles. The lowest BCUT2D eigenvalue weighted by Crippen LogP contribution is -2.51. The van der Waals surface area contributed by atoms with E-state index < -0.39 is 60.9 Å². The summed E-state index contributed by atoms with van der Waals surface area (Å²) in [6.07, 6.45) is 0.0376. The average molecular weight is 753 g/mol. The second kappa shape index (κ2) is 19.7. The van der Waals surface area contributed by atoms with Crippen LogP contribution >= 0.6 is 0 Å². The molecule has 4 aliphatic rings. The van der Waals surface area contributed by atoms with Gasteiger partial charge in [0.2, 0.25) is 24.4 Å². The third kappa shape index (κ3) is 10.9. The van der Waals surface area contributed by atoms with E-state index in [1.165, 1.54) is 9.80 Å². The molecule has 2 aromatic rings. The highest BCUT2D eigenvalue weighted by molar-refractivity contribution is 5.88. The van der Waals surface area contributed by atoms with Crippen molar-refractivity contribution >= 4 is 35.9 Å². The Kier molecular flexibility index (Phi) is 14.6. The molecule has 4 aliphatic heterocycles. The first kappa shape index (κ1) is 40.0. The number of carbonyl (C=O) groups excluding carboxylic acids is 6. The van der Waals surface area contributed by atoms with Gasteiger partial charge in [-0.05, 0) is 50.7 Å².